The number of amides is 2. The number of nitrogens with zero attached hydrogens (tertiary/aromatic N) is 3. The van der Waals surface area contributed by atoms with Crippen LogP contribution in [0, 0.1) is 0 Å². The van der Waals surface area contributed by atoms with Crippen molar-refractivity contribution in [1.82, 2.24) is 14.8 Å². The summed E-state index contributed by atoms with van der Waals surface area (Å²) in [5.41, 5.74) is 0.521. The summed E-state index contributed by atoms with van der Waals surface area (Å²) >= 11 is 1.60. The number of aromatic nitrogens is 1. The molecule has 2 fully saturated rings. The topological polar surface area (TPSA) is 62.7 Å². The maximum Gasteiger partial charge on any atom is 0.259 e. The quantitative estimate of drug-likeness (QED) is 0.775. The van der Waals surface area contributed by atoms with Gasteiger partial charge in [0.25, 0.3) is 5.91 Å². The number of ether oxygens (including phenoxy) is 1. The molecule has 2 saturated heterocycles. The molecule has 2 amide bonds. The zero-order valence-electron chi connectivity index (χ0n) is 15.9. The molecule has 2 aromatic heterocycles. The molecule has 0 aliphatic carbocycles. The van der Waals surface area contributed by atoms with Crippen molar-refractivity contribution in [2.45, 2.75) is 38.2 Å². The summed E-state index contributed by atoms with van der Waals surface area (Å²) in [4.78, 5) is 34.5. The summed E-state index contributed by atoms with van der Waals surface area (Å²) in [5, 5.41) is 1.99. The van der Waals surface area contributed by atoms with Crippen LogP contribution >= 0.6 is 11.3 Å². The van der Waals surface area contributed by atoms with Crippen LogP contribution in [0.5, 0.6) is 5.88 Å². The van der Waals surface area contributed by atoms with Gasteiger partial charge in [-0.15, -0.1) is 11.3 Å². The summed E-state index contributed by atoms with van der Waals surface area (Å²) < 4.78 is 6.08. The average Bonchev–Trinajstić information content (AvgIpc) is 3.41. The van der Waals surface area contributed by atoms with Crippen molar-refractivity contribution in [1.29, 1.82) is 0 Å². The Hall–Kier alpha value is -2.41. The van der Waals surface area contributed by atoms with E-state index in [1.807, 2.05) is 27.3 Å². The molecule has 2 aliphatic heterocycles. The summed E-state index contributed by atoms with van der Waals surface area (Å²) in [6.07, 6.45) is 5.99. The molecule has 0 aromatic carbocycles. The maximum atomic E-state index is 12.9. The number of hydrogen-bond donors (Lipinski definition) is 0. The van der Waals surface area contributed by atoms with Crippen molar-refractivity contribution in [2.75, 3.05) is 26.2 Å². The van der Waals surface area contributed by atoms with Gasteiger partial charge in [-0.3, -0.25) is 9.59 Å². The van der Waals surface area contributed by atoms with Gasteiger partial charge in [0.15, 0.2) is 0 Å². The van der Waals surface area contributed by atoms with Gasteiger partial charge in [0.1, 0.15) is 11.7 Å². The Kier molecular flexibility index (Phi) is 5.90. The van der Waals surface area contributed by atoms with E-state index >= 15 is 0 Å². The Balaban J connectivity index is 1.38. The molecule has 0 spiro atoms. The van der Waals surface area contributed by atoms with Crippen LogP contribution in [-0.4, -0.2) is 58.9 Å². The second-order valence-corrected chi connectivity index (χ2v) is 8.37. The average molecular weight is 400 g/mol. The highest BCUT2D eigenvalue weighted by Gasteiger charge is 2.30. The number of hydrogen-bond acceptors (Lipinski definition) is 5. The molecule has 4 rings (SSSR count). The normalized spacial score (nSPS) is 19.6. The molecule has 7 heteroatoms. The third-order valence-corrected chi connectivity index (χ3v) is 6.20. The van der Waals surface area contributed by atoms with Gasteiger partial charge in [0, 0.05) is 37.1 Å². The van der Waals surface area contributed by atoms with Crippen LogP contribution < -0.4 is 4.74 Å². The van der Waals surface area contributed by atoms with Gasteiger partial charge in [0.2, 0.25) is 11.8 Å². The monoisotopic (exact) mass is 399 g/mol. The highest BCUT2D eigenvalue weighted by atomic mass is 32.1. The summed E-state index contributed by atoms with van der Waals surface area (Å²) in [7, 11) is 0. The second-order valence-electron chi connectivity index (χ2n) is 7.33. The van der Waals surface area contributed by atoms with E-state index in [1.54, 1.807) is 29.7 Å². The van der Waals surface area contributed by atoms with Crippen LogP contribution in [0.4, 0.5) is 0 Å². The lowest BCUT2D eigenvalue weighted by Gasteiger charge is -2.27. The summed E-state index contributed by atoms with van der Waals surface area (Å²) in [5.74, 6) is 0.501. The Morgan fingerprint density at radius 3 is 2.75 bits per heavy atom. The Morgan fingerprint density at radius 2 is 1.96 bits per heavy atom. The molecular formula is C21H25N3O3S. The number of pyridine rings is 1. The molecule has 28 heavy (non-hydrogen) atoms. The first-order chi connectivity index (χ1) is 13.7. The lowest BCUT2D eigenvalue weighted by atomic mass is 10.1. The molecular weight excluding hydrogens is 374 g/mol. The van der Waals surface area contributed by atoms with Crippen molar-refractivity contribution in [3.05, 3.63) is 46.3 Å². The van der Waals surface area contributed by atoms with Gasteiger partial charge in [-0.1, -0.05) is 6.07 Å². The van der Waals surface area contributed by atoms with E-state index in [-0.39, 0.29) is 17.9 Å². The fraction of sp³-hybridized carbons (Fsp3) is 0.476. The standard InChI is InChI=1S/C21H25N3O3S/c25-19(14-17-6-5-13-28-17)24-12-8-16(15-24)27-20-18(7-4-9-22-20)21(26)23-10-2-1-3-11-23/h4-7,9,13,16H,1-3,8,10-12,14-15H2. The van der Waals surface area contributed by atoms with E-state index in [2.05, 4.69) is 4.98 Å². The number of carbonyl (C=O) groups excluding carboxylic acids is 2. The molecule has 0 bridgehead atoms. The summed E-state index contributed by atoms with van der Waals surface area (Å²) in [6, 6.07) is 7.51. The first kappa shape index (κ1) is 18.9. The van der Waals surface area contributed by atoms with Gasteiger partial charge in [-0.2, -0.15) is 0 Å². The molecule has 0 N–H and O–H groups in total. The first-order valence-corrected chi connectivity index (χ1v) is 10.8. The van der Waals surface area contributed by atoms with Crippen molar-refractivity contribution in [2.24, 2.45) is 0 Å². The smallest absolute Gasteiger partial charge is 0.259 e. The Bertz CT molecular complexity index is 818. The van der Waals surface area contributed by atoms with Crippen LogP contribution in [0.15, 0.2) is 35.8 Å². The molecule has 1 atom stereocenters. The van der Waals surface area contributed by atoms with Crippen LogP contribution in [-0.2, 0) is 11.2 Å². The van der Waals surface area contributed by atoms with E-state index in [0.29, 0.717) is 31.0 Å². The van der Waals surface area contributed by atoms with E-state index in [0.717, 1.165) is 37.2 Å². The van der Waals surface area contributed by atoms with Gasteiger partial charge < -0.3 is 14.5 Å². The molecule has 4 heterocycles. The largest absolute Gasteiger partial charge is 0.472 e. The molecule has 148 valence electrons. The summed E-state index contributed by atoms with van der Waals surface area (Å²) in [6.45, 7) is 2.80. The second kappa shape index (κ2) is 8.73. The van der Waals surface area contributed by atoms with Crippen molar-refractivity contribution < 1.29 is 14.3 Å². The van der Waals surface area contributed by atoms with Gasteiger partial charge in [0.05, 0.1) is 13.0 Å². The number of likely N-dealkylation sites (tertiary alicyclic amines) is 2. The van der Waals surface area contributed by atoms with Crippen molar-refractivity contribution in [3.63, 3.8) is 0 Å². The zero-order chi connectivity index (χ0) is 19.3. The number of thiophene rings is 1. The maximum absolute atomic E-state index is 12.9. The minimum atomic E-state index is -0.130. The molecule has 0 radical (unpaired) electrons. The lowest BCUT2D eigenvalue weighted by Crippen LogP contribution is -2.36. The number of rotatable bonds is 5. The number of carbonyl (C=O) groups is 2. The van der Waals surface area contributed by atoms with Crippen molar-refractivity contribution in [3.8, 4) is 5.88 Å². The highest BCUT2D eigenvalue weighted by Crippen LogP contribution is 2.23. The minimum Gasteiger partial charge on any atom is -0.472 e. The highest BCUT2D eigenvalue weighted by molar-refractivity contribution is 7.10. The van der Waals surface area contributed by atoms with Gasteiger partial charge in [-0.05, 0) is 42.8 Å². The van der Waals surface area contributed by atoms with E-state index in [1.165, 1.54) is 6.42 Å². The third kappa shape index (κ3) is 4.35. The predicted octanol–water partition coefficient (Wildman–Crippen LogP) is 2.99. The third-order valence-electron chi connectivity index (χ3n) is 5.33. The number of piperidine rings is 1. The fourth-order valence-corrected chi connectivity index (χ4v) is 4.49. The van der Waals surface area contributed by atoms with E-state index < -0.39 is 0 Å². The zero-order valence-corrected chi connectivity index (χ0v) is 16.7. The van der Waals surface area contributed by atoms with Crippen LogP contribution in [0.2, 0.25) is 0 Å². The van der Waals surface area contributed by atoms with E-state index in [9.17, 15) is 9.59 Å². The molecule has 1 unspecified atom stereocenters. The fourth-order valence-electron chi connectivity index (χ4n) is 3.80. The van der Waals surface area contributed by atoms with Gasteiger partial charge in [-0.25, -0.2) is 4.98 Å². The van der Waals surface area contributed by atoms with Gasteiger partial charge >= 0.3 is 0 Å². The molecule has 2 aromatic rings. The van der Waals surface area contributed by atoms with Crippen LogP contribution in [0.3, 0.4) is 0 Å². The Labute approximate surface area is 169 Å². The van der Waals surface area contributed by atoms with Crippen molar-refractivity contribution >= 4 is 23.2 Å². The first-order valence-electron chi connectivity index (χ1n) is 9.92. The van der Waals surface area contributed by atoms with Crippen LogP contribution in [0.25, 0.3) is 0 Å². The predicted molar refractivity (Wildman–Crippen MR) is 108 cm³/mol. The SMILES string of the molecule is O=C(Cc1cccs1)N1CCC(Oc2ncccc2C(=O)N2CCCCC2)C1. The Morgan fingerprint density at radius 1 is 1.11 bits per heavy atom. The molecule has 0 saturated carbocycles. The minimum absolute atomic E-state index is 0.00794. The molecule has 2 aliphatic rings. The molecule has 6 nitrogen and oxygen atoms in total. The van der Waals surface area contributed by atoms with Crippen LogP contribution in [0.1, 0.15) is 40.9 Å². The lowest BCUT2D eigenvalue weighted by molar-refractivity contribution is -0.129. The van der Waals surface area contributed by atoms with E-state index in [4.69, 9.17) is 4.74 Å².